The molecule has 0 radical (unpaired) electrons. The van der Waals surface area contributed by atoms with Gasteiger partial charge >= 0.3 is 6.18 Å². The molecular weight excluding hydrogens is 494 g/mol. The zero-order valence-corrected chi connectivity index (χ0v) is 18.9. The summed E-state index contributed by atoms with van der Waals surface area (Å²) >= 11 is 13.6. The smallest absolute Gasteiger partial charge is 0.330 e. The molecule has 168 valence electrons. The topological polar surface area (TPSA) is 54.0 Å². The number of nitrogens with one attached hydrogen (secondary N) is 2. The van der Waals surface area contributed by atoms with E-state index in [1.54, 1.807) is 42.5 Å². The second kappa shape index (κ2) is 9.43. The maximum atomic E-state index is 12.9. The number of nitrogens with zero attached hydrogens (tertiary/aromatic N) is 1. The minimum absolute atomic E-state index is 0.0798. The summed E-state index contributed by atoms with van der Waals surface area (Å²) in [6, 6.07) is 16.2. The number of anilines is 3. The lowest BCUT2D eigenvalue weighted by atomic mass is 10.1. The molecule has 4 rings (SSSR count). The highest BCUT2D eigenvalue weighted by Crippen LogP contribution is 2.32. The zero-order chi connectivity index (χ0) is 23.6. The van der Waals surface area contributed by atoms with E-state index in [-0.39, 0.29) is 5.56 Å². The van der Waals surface area contributed by atoms with E-state index in [9.17, 15) is 18.0 Å². The van der Waals surface area contributed by atoms with Gasteiger partial charge in [-0.25, -0.2) is 4.98 Å². The Bertz CT molecular complexity index is 1310. The number of carbonyl (C=O) groups is 1. The number of benzene rings is 3. The highest BCUT2D eigenvalue weighted by atomic mass is 35.5. The molecule has 0 bridgehead atoms. The predicted octanol–water partition coefficient (Wildman–Crippen LogP) is 8.13. The molecule has 0 saturated heterocycles. The molecule has 0 unspecified atom stereocenters. The molecule has 0 aliphatic carbocycles. The van der Waals surface area contributed by atoms with Crippen molar-refractivity contribution < 1.29 is 18.0 Å². The van der Waals surface area contributed by atoms with Gasteiger partial charge in [-0.2, -0.15) is 13.2 Å². The van der Waals surface area contributed by atoms with E-state index >= 15 is 0 Å². The molecular formula is C23H14Cl2F3N3OS. The van der Waals surface area contributed by atoms with Gasteiger partial charge in [-0.3, -0.25) is 4.79 Å². The van der Waals surface area contributed by atoms with Crippen LogP contribution in [0.1, 0.15) is 15.9 Å². The Morgan fingerprint density at radius 3 is 2.45 bits per heavy atom. The fourth-order valence-corrected chi connectivity index (χ4v) is 4.01. The summed E-state index contributed by atoms with van der Waals surface area (Å²) in [5, 5.41) is 9.26. The van der Waals surface area contributed by atoms with Gasteiger partial charge in [0.25, 0.3) is 5.91 Å². The van der Waals surface area contributed by atoms with Crippen LogP contribution in [-0.4, -0.2) is 10.9 Å². The highest BCUT2D eigenvalue weighted by Gasteiger charge is 2.30. The van der Waals surface area contributed by atoms with Gasteiger partial charge in [0, 0.05) is 27.2 Å². The Labute approximate surface area is 201 Å². The summed E-state index contributed by atoms with van der Waals surface area (Å²) < 4.78 is 38.6. The fourth-order valence-electron chi connectivity index (χ4n) is 2.94. The van der Waals surface area contributed by atoms with Crippen molar-refractivity contribution in [3.05, 3.63) is 93.3 Å². The average Bonchev–Trinajstić information content (AvgIpc) is 3.25. The number of amides is 1. The lowest BCUT2D eigenvalue weighted by Gasteiger charge is -2.09. The van der Waals surface area contributed by atoms with E-state index in [2.05, 4.69) is 15.6 Å². The highest BCUT2D eigenvalue weighted by molar-refractivity contribution is 7.14. The molecule has 0 aliphatic heterocycles. The van der Waals surface area contributed by atoms with Gasteiger partial charge in [0.1, 0.15) is 0 Å². The van der Waals surface area contributed by atoms with Gasteiger partial charge in [-0.05, 0) is 48.5 Å². The summed E-state index contributed by atoms with van der Waals surface area (Å²) in [5.74, 6) is -0.632. The van der Waals surface area contributed by atoms with E-state index in [0.29, 0.717) is 32.2 Å². The van der Waals surface area contributed by atoms with Gasteiger partial charge in [-0.15, -0.1) is 11.3 Å². The molecule has 1 aromatic heterocycles. The Kier molecular flexibility index (Phi) is 6.60. The van der Waals surface area contributed by atoms with Crippen molar-refractivity contribution >= 4 is 57.0 Å². The van der Waals surface area contributed by atoms with Crippen LogP contribution >= 0.6 is 34.5 Å². The number of hydrogen-bond donors (Lipinski definition) is 2. The summed E-state index contributed by atoms with van der Waals surface area (Å²) in [4.78, 5) is 16.9. The molecule has 0 saturated carbocycles. The molecule has 33 heavy (non-hydrogen) atoms. The van der Waals surface area contributed by atoms with Crippen molar-refractivity contribution in [3.63, 3.8) is 0 Å². The zero-order valence-electron chi connectivity index (χ0n) is 16.6. The fraction of sp³-hybridized carbons (Fsp3) is 0.0435. The average molecular weight is 508 g/mol. The van der Waals surface area contributed by atoms with Crippen molar-refractivity contribution in [1.82, 2.24) is 4.98 Å². The van der Waals surface area contributed by atoms with Crippen LogP contribution in [0.4, 0.5) is 29.7 Å². The predicted molar refractivity (Wildman–Crippen MR) is 127 cm³/mol. The van der Waals surface area contributed by atoms with Gasteiger partial charge in [-0.1, -0.05) is 41.4 Å². The maximum Gasteiger partial charge on any atom is 0.416 e. The van der Waals surface area contributed by atoms with Gasteiger partial charge in [0.15, 0.2) is 5.13 Å². The van der Waals surface area contributed by atoms with Crippen LogP contribution in [-0.2, 0) is 6.18 Å². The number of aromatic nitrogens is 1. The van der Waals surface area contributed by atoms with Crippen molar-refractivity contribution in [2.24, 2.45) is 0 Å². The molecule has 1 amide bonds. The number of alkyl halides is 3. The second-order valence-corrected chi connectivity index (χ2v) is 8.60. The Morgan fingerprint density at radius 2 is 1.73 bits per heavy atom. The first-order valence-electron chi connectivity index (χ1n) is 9.46. The van der Waals surface area contributed by atoms with E-state index in [0.717, 1.165) is 17.7 Å². The third kappa shape index (κ3) is 5.65. The van der Waals surface area contributed by atoms with Crippen LogP contribution < -0.4 is 10.6 Å². The van der Waals surface area contributed by atoms with Crippen LogP contribution in [0.2, 0.25) is 10.0 Å². The first kappa shape index (κ1) is 23.1. The van der Waals surface area contributed by atoms with Crippen LogP contribution in [0.15, 0.2) is 72.1 Å². The normalized spacial score (nSPS) is 11.3. The molecule has 3 aromatic carbocycles. The van der Waals surface area contributed by atoms with Gasteiger partial charge in [0.2, 0.25) is 0 Å². The molecule has 2 N–H and O–H groups in total. The molecule has 0 aliphatic rings. The lowest BCUT2D eigenvalue weighted by molar-refractivity contribution is -0.137. The third-order valence-electron chi connectivity index (χ3n) is 4.56. The summed E-state index contributed by atoms with van der Waals surface area (Å²) in [5.41, 5.74) is 1.63. The minimum atomic E-state index is -4.52. The van der Waals surface area contributed by atoms with E-state index in [4.69, 9.17) is 23.2 Å². The van der Waals surface area contributed by atoms with Crippen molar-refractivity contribution in [1.29, 1.82) is 0 Å². The third-order valence-corrected chi connectivity index (χ3v) is 5.89. The molecule has 1 heterocycles. The quantitative estimate of drug-likeness (QED) is 0.286. The summed E-state index contributed by atoms with van der Waals surface area (Å²) in [6.07, 6.45) is -4.52. The Morgan fingerprint density at radius 1 is 0.970 bits per heavy atom. The molecule has 10 heteroatoms. The molecule has 4 nitrogen and oxygen atoms in total. The summed E-state index contributed by atoms with van der Waals surface area (Å²) in [7, 11) is 0. The van der Waals surface area contributed by atoms with E-state index < -0.39 is 17.6 Å². The van der Waals surface area contributed by atoms with Crippen LogP contribution in [0, 0.1) is 0 Å². The first-order chi connectivity index (χ1) is 15.7. The summed E-state index contributed by atoms with van der Waals surface area (Å²) in [6.45, 7) is 0. The van der Waals surface area contributed by atoms with Crippen molar-refractivity contribution in [3.8, 4) is 11.3 Å². The van der Waals surface area contributed by atoms with Crippen LogP contribution in [0.5, 0.6) is 0 Å². The van der Waals surface area contributed by atoms with Crippen LogP contribution in [0.3, 0.4) is 0 Å². The SMILES string of the molecule is O=C(Nc1ccc(-c2csc(Nc3cc(Cl)ccc3Cl)n2)cc1)c1cccc(C(F)(F)F)c1. The number of thiazole rings is 1. The number of halogens is 5. The van der Waals surface area contributed by atoms with Gasteiger partial charge < -0.3 is 10.6 Å². The number of rotatable bonds is 5. The number of carbonyl (C=O) groups excluding carboxylic acids is 1. The monoisotopic (exact) mass is 507 g/mol. The van der Waals surface area contributed by atoms with E-state index in [1.165, 1.54) is 23.5 Å². The van der Waals surface area contributed by atoms with Crippen molar-refractivity contribution in [2.45, 2.75) is 6.18 Å². The van der Waals surface area contributed by atoms with E-state index in [1.807, 2.05) is 5.38 Å². The lowest BCUT2D eigenvalue weighted by Crippen LogP contribution is -2.13. The van der Waals surface area contributed by atoms with Gasteiger partial charge in [0.05, 0.1) is 22.0 Å². The molecule has 4 aromatic rings. The maximum absolute atomic E-state index is 12.9. The largest absolute Gasteiger partial charge is 0.416 e. The van der Waals surface area contributed by atoms with Crippen LogP contribution in [0.25, 0.3) is 11.3 Å². The second-order valence-electron chi connectivity index (χ2n) is 6.90. The molecule has 0 fully saturated rings. The Balaban J connectivity index is 1.45. The minimum Gasteiger partial charge on any atom is -0.330 e. The molecule has 0 atom stereocenters. The number of hydrogen-bond acceptors (Lipinski definition) is 4. The first-order valence-corrected chi connectivity index (χ1v) is 11.1. The standard InChI is InChI=1S/C23H14Cl2F3N3OS/c24-16-6-9-18(25)19(11-16)30-22-31-20(12-33-22)13-4-7-17(8-5-13)29-21(32)14-2-1-3-15(10-14)23(26,27)28/h1-12H,(H,29,32)(H,30,31). The molecule has 0 spiro atoms. The van der Waals surface area contributed by atoms with Crippen molar-refractivity contribution in [2.75, 3.05) is 10.6 Å². The Hall–Kier alpha value is -3.07.